The van der Waals surface area contributed by atoms with Gasteiger partial charge in [-0.25, -0.2) is 0 Å². The third-order valence-electron chi connectivity index (χ3n) is 6.76. The molecule has 2 aromatic rings. The van der Waals surface area contributed by atoms with Gasteiger partial charge in [-0.3, -0.25) is 14.3 Å². The standard InChI is InChI=1S/C24H32N6OS/c1-28(24(19-25)13-7-3-8-14-24)22(31)18-32-23-27-26-21(17-29-15-9-4-10-16-29)30(23)20-11-5-2-6-12-20/h2,5-6,11-12H,3-4,7-10,13-18H2,1H3. The van der Waals surface area contributed by atoms with Gasteiger partial charge < -0.3 is 4.90 Å². The summed E-state index contributed by atoms with van der Waals surface area (Å²) in [6.45, 7) is 2.93. The van der Waals surface area contributed by atoms with Crippen molar-refractivity contribution in [2.75, 3.05) is 25.9 Å². The van der Waals surface area contributed by atoms with Crippen LogP contribution in [-0.4, -0.2) is 61.9 Å². The van der Waals surface area contributed by atoms with E-state index in [0.717, 1.165) is 68.4 Å². The molecule has 1 amide bonds. The van der Waals surface area contributed by atoms with Crippen LogP contribution in [-0.2, 0) is 11.3 Å². The van der Waals surface area contributed by atoms with Crippen molar-refractivity contribution in [1.82, 2.24) is 24.6 Å². The first kappa shape index (κ1) is 22.8. The predicted molar refractivity (Wildman–Crippen MR) is 125 cm³/mol. The number of benzene rings is 1. The molecule has 1 aromatic heterocycles. The van der Waals surface area contributed by atoms with E-state index in [9.17, 15) is 10.1 Å². The minimum Gasteiger partial charge on any atom is -0.326 e. The van der Waals surface area contributed by atoms with E-state index in [1.54, 1.807) is 11.9 Å². The molecule has 0 N–H and O–H groups in total. The summed E-state index contributed by atoms with van der Waals surface area (Å²) in [6.07, 6.45) is 8.41. The quantitative estimate of drug-likeness (QED) is 0.590. The summed E-state index contributed by atoms with van der Waals surface area (Å²) in [5, 5.41) is 19.5. The second-order valence-electron chi connectivity index (χ2n) is 8.85. The fraction of sp³-hybridized carbons (Fsp3) is 0.583. The largest absolute Gasteiger partial charge is 0.326 e. The van der Waals surface area contributed by atoms with Gasteiger partial charge in [0.25, 0.3) is 0 Å². The number of hydrogen-bond donors (Lipinski definition) is 0. The lowest BCUT2D eigenvalue weighted by atomic mass is 9.81. The Morgan fingerprint density at radius 2 is 1.78 bits per heavy atom. The maximum absolute atomic E-state index is 13.0. The van der Waals surface area contributed by atoms with Gasteiger partial charge in [-0.2, -0.15) is 5.26 Å². The molecule has 0 radical (unpaired) electrons. The fourth-order valence-corrected chi connectivity index (χ4v) is 5.66. The third kappa shape index (κ3) is 5.00. The summed E-state index contributed by atoms with van der Waals surface area (Å²) < 4.78 is 2.08. The van der Waals surface area contributed by atoms with Crippen molar-refractivity contribution < 1.29 is 4.79 Å². The first-order valence-corrected chi connectivity index (χ1v) is 12.6. The topological polar surface area (TPSA) is 78.1 Å². The van der Waals surface area contributed by atoms with Crippen LogP contribution in [0.25, 0.3) is 5.69 Å². The van der Waals surface area contributed by atoms with Gasteiger partial charge in [0.1, 0.15) is 5.54 Å². The van der Waals surface area contributed by atoms with E-state index in [0.29, 0.717) is 0 Å². The van der Waals surface area contributed by atoms with Crippen LogP contribution >= 0.6 is 11.8 Å². The highest BCUT2D eigenvalue weighted by Gasteiger charge is 2.38. The van der Waals surface area contributed by atoms with Crippen LogP contribution in [0.2, 0.25) is 0 Å². The van der Waals surface area contributed by atoms with Crippen molar-refractivity contribution >= 4 is 17.7 Å². The summed E-state index contributed by atoms with van der Waals surface area (Å²) in [5.41, 5.74) is 0.344. The summed E-state index contributed by atoms with van der Waals surface area (Å²) in [5.74, 6) is 1.12. The summed E-state index contributed by atoms with van der Waals surface area (Å²) in [4.78, 5) is 17.1. The monoisotopic (exact) mass is 452 g/mol. The van der Waals surface area contributed by atoms with Gasteiger partial charge in [0.2, 0.25) is 5.91 Å². The van der Waals surface area contributed by atoms with Gasteiger partial charge in [0.05, 0.1) is 18.4 Å². The van der Waals surface area contributed by atoms with Gasteiger partial charge in [0.15, 0.2) is 11.0 Å². The minimum atomic E-state index is -0.664. The lowest BCUT2D eigenvalue weighted by Gasteiger charge is -2.39. The molecule has 1 aliphatic heterocycles. The average molecular weight is 453 g/mol. The van der Waals surface area contributed by atoms with Crippen molar-refractivity contribution in [3.8, 4) is 11.8 Å². The number of nitrogens with zero attached hydrogens (tertiary/aromatic N) is 6. The predicted octanol–water partition coefficient (Wildman–Crippen LogP) is 4.03. The first-order valence-electron chi connectivity index (χ1n) is 11.7. The molecule has 2 heterocycles. The smallest absolute Gasteiger partial charge is 0.234 e. The molecule has 0 bridgehead atoms. The van der Waals surface area contributed by atoms with E-state index in [1.807, 2.05) is 30.3 Å². The third-order valence-corrected chi connectivity index (χ3v) is 7.67. The second kappa shape index (κ2) is 10.5. The van der Waals surface area contributed by atoms with E-state index >= 15 is 0 Å². The van der Waals surface area contributed by atoms with Crippen LogP contribution in [0.5, 0.6) is 0 Å². The van der Waals surface area contributed by atoms with Crippen molar-refractivity contribution in [1.29, 1.82) is 5.26 Å². The SMILES string of the molecule is CN(C(=O)CSc1nnc(CN2CCCCC2)n1-c1ccccc1)C1(C#N)CCCCC1. The number of piperidine rings is 1. The molecule has 0 atom stereocenters. The molecule has 8 heteroatoms. The Morgan fingerprint density at radius 1 is 1.09 bits per heavy atom. The summed E-state index contributed by atoms with van der Waals surface area (Å²) in [6, 6.07) is 12.5. The lowest BCUT2D eigenvalue weighted by molar-refractivity contribution is -0.131. The number of para-hydroxylation sites is 1. The molecular weight excluding hydrogens is 420 g/mol. The molecule has 7 nitrogen and oxygen atoms in total. The van der Waals surface area contributed by atoms with Crippen LogP contribution in [0.3, 0.4) is 0 Å². The highest BCUT2D eigenvalue weighted by Crippen LogP contribution is 2.33. The second-order valence-corrected chi connectivity index (χ2v) is 9.79. The van der Waals surface area contributed by atoms with E-state index in [2.05, 4.69) is 25.7 Å². The van der Waals surface area contributed by atoms with Gasteiger partial charge in [0, 0.05) is 12.7 Å². The molecule has 1 aromatic carbocycles. The molecule has 170 valence electrons. The Hall–Kier alpha value is -2.37. The van der Waals surface area contributed by atoms with Crippen LogP contribution < -0.4 is 0 Å². The van der Waals surface area contributed by atoms with Gasteiger partial charge in [-0.05, 0) is 50.9 Å². The van der Waals surface area contributed by atoms with Gasteiger partial charge in [-0.15, -0.1) is 10.2 Å². The molecule has 2 aliphatic rings. The highest BCUT2D eigenvalue weighted by molar-refractivity contribution is 7.99. The number of aromatic nitrogens is 3. The molecule has 0 unspecified atom stereocenters. The molecule has 0 spiro atoms. The van der Waals surface area contributed by atoms with Crippen molar-refractivity contribution in [2.24, 2.45) is 0 Å². The molecule has 1 saturated heterocycles. The van der Waals surface area contributed by atoms with Crippen LogP contribution in [0.1, 0.15) is 57.2 Å². The van der Waals surface area contributed by atoms with Gasteiger partial charge >= 0.3 is 0 Å². The molecule has 2 fully saturated rings. The number of carbonyl (C=O) groups is 1. The zero-order valence-electron chi connectivity index (χ0n) is 18.9. The zero-order valence-corrected chi connectivity index (χ0v) is 19.7. The number of amides is 1. The lowest BCUT2D eigenvalue weighted by Crippen LogP contribution is -2.50. The number of hydrogen-bond acceptors (Lipinski definition) is 6. The molecular formula is C24H32N6OS. The Balaban J connectivity index is 1.50. The molecule has 1 aliphatic carbocycles. The Bertz CT molecular complexity index is 941. The summed E-state index contributed by atoms with van der Waals surface area (Å²) >= 11 is 1.40. The zero-order chi connectivity index (χ0) is 22.4. The number of nitriles is 1. The van der Waals surface area contributed by atoms with Crippen molar-refractivity contribution in [3.63, 3.8) is 0 Å². The number of rotatable bonds is 7. The molecule has 1 saturated carbocycles. The fourth-order valence-electron chi connectivity index (χ4n) is 4.77. The van der Waals surface area contributed by atoms with E-state index < -0.39 is 5.54 Å². The van der Waals surface area contributed by atoms with Crippen LogP contribution in [0, 0.1) is 11.3 Å². The Morgan fingerprint density at radius 3 is 2.47 bits per heavy atom. The Labute approximate surface area is 194 Å². The number of thioether (sulfide) groups is 1. The van der Waals surface area contributed by atoms with Crippen molar-refractivity contribution in [2.45, 2.75) is 68.6 Å². The molecule has 32 heavy (non-hydrogen) atoms. The highest BCUT2D eigenvalue weighted by atomic mass is 32.2. The first-order chi connectivity index (χ1) is 15.6. The summed E-state index contributed by atoms with van der Waals surface area (Å²) in [7, 11) is 1.78. The van der Waals surface area contributed by atoms with Crippen LogP contribution in [0.15, 0.2) is 35.5 Å². The van der Waals surface area contributed by atoms with E-state index in [4.69, 9.17) is 0 Å². The molecule has 4 rings (SSSR count). The normalized spacial score (nSPS) is 18.8. The van der Waals surface area contributed by atoms with Crippen molar-refractivity contribution in [3.05, 3.63) is 36.2 Å². The minimum absolute atomic E-state index is 0.0290. The van der Waals surface area contributed by atoms with E-state index in [1.165, 1.54) is 31.0 Å². The average Bonchev–Trinajstić information content (AvgIpc) is 3.25. The Kier molecular flexibility index (Phi) is 7.48. The maximum Gasteiger partial charge on any atom is 0.234 e. The number of likely N-dealkylation sites (tertiary alicyclic amines) is 1. The number of carbonyl (C=O) groups excluding carboxylic acids is 1. The maximum atomic E-state index is 13.0. The van der Waals surface area contributed by atoms with Gasteiger partial charge in [-0.1, -0.05) is 55.6 Å². The van der Waals surface area contributed by atoms with Crippen LogP contribution in [0.4, 0.5) is 0 Å². The van der Waals surface area contributed by atoms with E-state index in [-0.39, 0.29) is 11.7 Å².